The fraction of sp³-hybridized carbons (Fsp3) is 0.500. The van der Waals surface area contributed by atoms with Crippen LogP contribution in [0.1, 0.15) is 84.8 Å². The Labute approximate surface area is 264 Å². The van der Waals surface area contributed by atoms with Crippen LogP contribution in [0.3, 0.4) is 0 Å². The SMILES string of the molecule is CC(=O)CC[C@H](NC(=O)N[C@@H](CCNC(=O)OCC1c2ccccc2-c2ccccc21)C(=O)OC(C)(C)C)C(=O)OC(C)(C)C. The molecule has 11 heteroatoms. The Balaban J connectivity index is 1.60. The molecule has 0 heterocycles. The van der Waals surface area contributed by atoms with Crippen LogP contribution in [-0.4, -0.2) is 66.3 Å². The van der Waals surface area contributed by atoms with Gasteiger partial charge in [-0.1, -0.05) is 48.5 Å². The molecule has 0 spiro atoms. The van der Waals surface area contributed by atoms with Gasteiger partial charge in [-0.3, -0.25) is 0 Å². The fourth-order valence-electron chi connectivity index (χ4n) is 4.92. The van der Waals surface area contributed by atoms with Crippen molar-refractivity contribution in [2.45, 2.75) is 96.9 Å². The summed E-state index contributed by atoms with van der Waals surface area (Å²) in [5.41, 5.74) is 2.74. The van der Waals surface area contributed by atoms with Gasteiger partial charge in [0.2, 0.25) is 0 Å². The Morgan fingerprint density at radius 1 is 0.733 bits per heavy atom. The van der Waals surface area contributed by atoms with Gasteiger partial charge in [0.05, 0.1) is 0 Å². The number of urea groups is 1. The molecule has 0 bridgehead atoms. The first kappa shape index (κ1) is 35.1. The lowest BCUT2D eigenvalue weighted by atomic mass is 9.98. The van der Waals surface area contributed by atoms with Crippen molar-refractivity contribution in [3.63, 3.8) is 0 Å². The molecule has 3 rings (SSSR count). The van der Waals surface area contributed by atoms with Crippen LogP contribution in [0.4, 0.5) is 9.59 Å². The van der Waals surface area contributed by atoms with E-state index in [1.807, 2.05) is 48.5 Å². The van der Waals surface area contributed by atoms with Crippen molar-refractivity contribution in [1.82, 2.24) is 16.0 Å². The molecule has 0 unspecified atom stereocenters. The standard InChI is InChI=1S/C34H45N3O8/c1-21(38)16-17-27(29(39)44-33(2,3)4)36-31(41)37-28(30(40)45-34(5,6)7)18-19-35-32(42)43-20-26-24-14-10-8-12-22(24)23-13-9-11-15-25(23)26/h8-15,26-28H,16-20H2,1-7H3,(H,35,42)(H2,36,37,41)/t27-,28-/m0/s1. The summed E-state index contributed by atoms with van der Waals surface area (Å²) in [5, 5.41) is 7.69. The van der Waals surface area contributed by atoms with Gasteiger partial charge >= 0.3 is 24.1 Å². The third-order valence-corrected chi connectivity index (χ3v) is 6.82. The number of rotatable bonds is 12. The number of carbonyl (C=O) groups is 5. The molecule has 0 saturated carbocycles. The average Bonchev–Trinajstić information content (AvgIpc) is 3.25. The molecule has 1 aliphatic rings. The number of Topliss-reactive ketones (excluding diaryl/α,β-unsaturated/α-hetero) is 1. The van der Waals surface area contributed by atoms with E-state index in [0.717, 1.165) is 22.3 Å². The number of ketones is 1. The number of hydrogen-bond acceptors (Lipinski definition) is 8. The fourth-order valence-corrected chi connectivity index (χ4v) is 4.92. The number of amides is 3. The van der Waals surface area contributed by atoms with Crippen molar-refractivity contribution >= 4 is 29.8 Å². The Morgan fingerprint density at radius 2 is 1.20 bits per heavy atom. The molecule has 1 aliphatic carbocycles. The largest absolute Gasteiger partial charge is 0.458 e. The lowest BCUT2D eigenvalue weighted by molar-refractivity contribution is -0.157. The Morgan fingerprint density at radius 3 is 1.67 bits per heavy atom. The zero-order valence-corrected chi connectivity index (χ0v) is 27.2. The lowest BCUT2D eigenvalue weighted by Gasteiger charge is -2.27. The summed E-state index contributed by atoms with van der Waals surface area (Å²) in [6.07, 6.45) is -0.614. The molecule has 45 heavy (non-hydrogen) atoms. The highest BCUT2D eigenvalue weighted by atomic mass is 16.6. The van der Waals surface area contributed by atoms with E-state index < -0.39 is 47.3 Å². The summed E-state index contributed by atoms with van der Waals surface area (Å²) in [7, 11) is 0. The Kier molecular flexibility index (Phi) is 11.7. The molecule has 2 atom stereocenters. The van der Waals surface area contributed by atoms with Crippen molar-refractivity contribution in [1.29, 1.82) is 0 Å². The number of ether oxygens (including phenoxy) is 3. The van der Waals surface area contributed by atoms with Crippen LogP contribution in [-0.2, 0) is 28.6 Å². The number of esters is 2. The van der Waals surface area contributed by atoms with E-state index in [-0.39, 0.29) is 44.1 Å². The summed E-state index contributed by atoms with van der Waals surface area (Å²) in [4.78, 5) is 62.9. The van der Waals surface area contributed by atoms with E-state index in [4.69, 9.17) is 14.2 Å². The summed E-state index contributed by atoms with van der Waals surface area (Å²) < 4.78 is 16.4. The second-order valence-corrected chi connectivity index (χ2v) is 13.1. The first-order valence-corrected chi connectivity index (χ1v) is 15.1. The minimum absolute atomic E-state index is 0.0132. The predicted octanol–water partition coefficient (Wildman–Crippen LogP) is 5.00. The van der Waals surface area contributed by atoms with E-state index in [2.05, 4.69) is 16.0 Å². The summed E-state index contributed by atoms with van der Waals surface area (Å²) in [6.45, 7) is 11.6. The molecule has 2 aromatic rings. The monoisotopic (exact) mass is 623 g/mol. The van der Waals surface area contributed by atoms with Crippen LogP contribution in [0.2, 0.25) is 0 Å². The maximum atomic E-state index is 13.0. The highest BCUT2D eigenvalue weighted by molar-refractivity contribution is 5.88. The van der Waals surface area contributed by atoms with Gasteiger partial charge in [-0.2, -0.15) is 0 Å². The van der Waals surface area contributed by atoms with Crippen LogP contribution < -0.4 is 16.0 Å². The van der Waals surface area contributed by atoms with E-state index in [9.17, 15) is 24.0 Å². The minimum atomic E-state index is -1.16. The maximum Gasteiger partial charge on any atom is 0.407 e. The van der Waals surface area contributed by atoms with Gasteiger partial charge in [0.15, 0.2) is 0 Å². The topological polar surface area (TPSA) is 149 Å². The van der Waals surface area contributed by atoms with Crippen molar-refractivity contribution in [3.8, 4) is 11.1 Å². The molecule has 244 valence electrons. The normalized spacial score (nSPS) is 13.8. The predicted molar refractivity (Wildman–Crippen MR) is 169 cm³/mol. The summed E-state index contributed by atoms with van der Waals surface area (Å²) >= 11 is 0. The number of carbonyl (C=O) groups excluding carboxylic acids is 5. The molecular formula is C34H45N3O8. The molecular weight excluding hydrogens is 578 g/mol. The smallest absolute Gasteiger partial charge is 0.407 e. The van der Waals surface area contributed by atoms with Crippen molar-refractivity contribution < 1.29 is 38.2 Å². The molecule has 0 aliphatic heterocycles. The van der Waals surface area contributed by atoms with Gasteiger partial charge in [0, 0.05) is 18.9 Å². The first-order chi connectivity index (χ1) is 21.0. The number of hydrogen-bond donors (Lipinski definition) is 3. The summed E-state index contributed by atoms with van der Waals surface area (Å²) in [5.74, 6) is -1.69. The third kappa shape index (κ3) is 10.9. The van der Waals surface area contributed by atoms with Crippen LogP contribution in [0.15, 0.2) is 48.5 Å². The van der Waals surface area contributed by atoms with Crippen LogP contribution in [0.25, 0.3) is 11.1 Å². The molecule has 3 amide bonds. The van der Waals surface area contributed by atoms with Crippen LogP contribution in [0.5, 0.6) is 0 Å². The number of nitrogens with one attached hydrogen (secondary N) is 3. The van der Waals surface area contributed by atoms with Crippen LogP contribution in [0, 0.1) is 0 Å². The first-order valence-electron chi connectivity index (χ1n) is 15.1. The average molecular weight is 624 g/mol. The lowest BCUT2D eigenvalue weighted by Crippen LogP contribution is -2.53. The minimum Gasteiger partial charge on any atom is -0.458 e. The van der Waals surface area contributed by atoms with Crippen molar-refractivity contribution in [2.75, 3.05) is 13.2 Å². The molecule has 0 fully saturated rings. The van der Waals surface area contributed by atoms with Gasteiger partial charge < -0.3 is 35.0 Å². The van der Waals surface area contributed by atoms with Crippen molar-refractivity contribution in [3.05, 3.63) is 59.7 Å². The summed E-state index contributed by atoms with van der Waals surface area (Å²) in [6, 6.07) is 12.9. The maximum absolute atomic E-state index is 13.0. The Bertz CT molecular complexity index is 1350. The zero-order valence-electron chi connectivity index (χ0n) is 27.2. The second-order valence-electron chi connectivity index (χ2n) is 13.1. The third-order valence-electron chi connectivity index (χ3n) is 6.82. The van der Waals surface area contributed by atoms with E-state index in [1.54, 1.807) is 41.5 Å². The van der Waals surface area contributed by atoms with Gasteiger partial charge in [-0.15, -0.1) is 0 Å². The number of fused-ring (bicyclic) bond motifs is 3. The van der Waals surface area contributed by atoms with Crippen molar-refractivity contribution in [2.24, 2.45) is 0 Å². The molecule has 0 saturated heterocycles. The Hall–Kier alpha value is -4.41. The second kappa shape index (κ2) is 15.0. The quantitative estimate of drug-likeness (QED) is 0.221. The molecule has 2 aromatic carbocycles. The van der Waals surface area contributed by atoms with E-state index in [1.165, 1.54) is 6.92 Å². The van der Waals surface area contributed by atoms with Gasteiger partial charge in [0.25, 0.3) is 0 Å². The number of benzene rings is 2. The highest BCUT2D eigenvalue weighted by Gasteiger charge is 2.32. The number of alkyl carbamates (subject to hydrolysis) is 1. The van der Waals surface area contributed by atoms with Gasteiger partial charge in [-0.05, 0) is 83.6 Å². The van der Waals surface area contributed by atoms with Crippen LogP contribution >= 0.6 is 0 Å². The van der Waals surface area contributed by atoms with Gasteiger partial charge in [-0.25, -0.2) is 19.2 Å². The molecule has 11 nitrogen and oxygen atoms in total. The molecule has 3 N–H and O–H groups in total. The molecule has 0 aromatic heterocycles. The molecule has 0 radical (unpaired) electrons. The van der Waals surface area contributed by atoms with E-state index in [0.29, 0.717) is 0 Å². The zero-order chi connectivity index (χ0) is 33.4. The van der Waals surface area contributed by atoms with Gasteiger partial charge in [0.1, 0.15) is 35.7 Å². The van der Waals surface area contributed by atoms with E-state index >= 15 is 0 Å². The highest BCUT2D eigenvalue weighted by Crippen LogP contribution is 2.44.